The lowest BCUT2D eigenvalue weighted by molar-refractivity contribution is 0.553. The number of rotatable bonds is 2. The lowest BCUT2D eigenvalue weighted by atomic mass is 10.1. The molecule has 5 heteroatoms. The molecule has 2 aromatic heterocycles. The molecule has 0 fully saturated rings. The van der Waals surface area contributed by atoms with Crippen LogP contribution in [0, 0.1) is 13.8 Å². The summed E-state index contributed by atoms with van der Waals surface area (Å²) in [6.45, 7) is 4.13. The van der Waals surface area contributed by atoms with E-state index in [1.807, 2.05) is 24.4 Å². The Morgan fingerprint density at radius 3 is 2.65 bits per heavy atom. The third-order valence-electron chi connectivity index (χ3n) is 3.15. The normalized spacial score (nSPS) is 10.9. The van der Waals surface area contributed by atoms with Crippen molar-refractivity contribution in [1.82, 2.24) is 9.78 Å². The highest BCUT2D eigenvalue weighted by atomic mass is 79.9. The Morgan fingerprint density at radius 1 is 1.20 bits per heavy atom. The van der Waals surface area contributed by atoms with E-state index in [0.29, 0.717) is 21.8 Å². The van der Waals surface area contributed by atoms with Crippen LogP contribution in [0.4, 0.5) is 5.69 Å². The number of aryl methyl sites for hydroxylation is 2. The molecule has 0 aliphatic heterocycles. The van der Waals surface area contributed by atoms with Crippen molar-refractivity contribution < 1.29 is 4.42 Å². The van der Waals surface area contributed by atoms with Crippen molar-refractivity contribution >= 4 is 21.6 Å². The van der Waals surface area contributed by atoms with Crippen LogP contribution in [0.3, 0.4) is 0 Å². The molecule has 20 heavy (non-hydrogen) atoms. The molecule has 0 aliphatic rings. The predicted octanol–water partition coefficient (Wildman–Crippen LogP) is 4.09. The van der Waals surface area contributed by atoms with Gasteiger partial charge in [-0.25, -0.2) is 4.68 Å². The summed E-state index contributed by atoms with van der Waals surface area (Å²) in [6.07, 6.45) is 1.81. The van der Waals surface area contributed by atoms with Gasteiger partial charge in [0.2, 0.25) is 0 Å². The maximum Gasteiger partial charge on any atom is 0.169 e. The smallest absolute Gasteiger partial charge is 0.169 e. The van der Waals surface area contributed by atoms with Gasteiger partial charge in [-0.1, -0.05) is 17.7 Å². The zero-order chi connectivity index (χ0) is 14.3. The molecule has 0 radical (unpaired) electrons. The maximum atomic E-state index is 6.04. The van der Waals surface area contributed by atoms with Gasteiger partial charge < -0.3 is 10.2 Å². The Kier molecular flexibility index (Phi) is 3.14. The first-order chi connectivity index (χ1) is 9.54. The number of benzene rings is 1. The summed E-state index contributed by atoms with van der Waals surface area (Å²) in [5.74, 6) is 0.651. The van der Waals surface area contributed by atoms with Crippen LogP contribution in [-0.4, -0.2) is 9.78 Å². The Morgan fingerprint density at radius 2 is 2.00 bits per heavy atom. The summed E-state index contributed by atoms with van der Waals surface area (Å²) in [5.41, 5.74) is 10.7. The zero-order valence-electron chi connectivity index (χ0n) is 11.2. The van der Waals surface area contributed by atoms with Crippen LogP contribution in [0.2, 0.25) is 0 Å². The van der Waals surface area contributed by atoms with Crippen molar-refractivity contribution in [3.8, 4) is 17.1 Å². The lowest BCUT2D eigenvalue weighted by Crippen LogP contribution is -1.98. The van der Waals surface area contributed by atoms with E-state index >= 15 is 0 Å². The van der Waals surface area contributed by atoms with Gasteiger partial charge in [0.25, 0.3) is 0 Å². The number of aromatic nitrogens is 2. The fraction of sp³-hybridized carbons (Fsp3) is 0.133. The first-order valence-corrected chi connectivity index (χ1v) is 7.02. The number of anilines is 1. The summed E-state index contributed by atoms with van der Waals surface area (Å²) in [7, 11) is 0. The van der Waals surface area contributed by atoms with E-state index in [9.17, 15) is 0 Å². The molecule has 4 nitrogen and oxygen atoms in total. The minimum Gasteiger partial charge on any atom is -0.448 e. The molecule has 0 amide bonds. The number of halogens is 1. The van der Waals surface area contributed by atoms with Crippen LogP contribution in [-0.2, 0) is 0 Å². The van der Waals surface area contributed by atoms with Gasteiger partial charge in [-0.05, 0) is 53.5 Å². The largest absolute Gasteiger partial charge is 0.448 e. The van der Waals surface area contributed by atoms with Crippen molar-refractivity contribution in [2.75, 3.05) is 5.73 Å². The van der Waals surface area contributed by atoms with Crippen molar-refractivity contribution in [1.29, 1.82) is 0 Å². The fourth-order valence-corrected chi connectivity index (χ4v) is 2.51. The van der Waals surface area contributed by atoms with Gasteiger partial charge in [-0.2, -0.15) is 5.10 Å². The van der Waals surface area contributed by atoms with E-state index in [-0.39, 0.29) is 0 Å². The molecular formula is C15H14BrN3O. The molecule has 3 aromatic rings. The summed E-state index contributed by atoms with van der Waals surface area (Å²) >= 11 is 3.28. The molecule has 102 valence electrons. The molecule has 1 aromatic carbocycles. The molecule has 0 spiro atoms. The third-order valence-corrected chi connectivity index (χ3v) is 3.57. The van der Waals surface area contributed by atoms with Crippen molar-refractivity contribution in [3.63, 3.8) is 0 Å². The molecule has 0 atom stereocenters. The molecule has 2 N–H and O–H groups in total. The Hall–Kier alpha value is -2.01. The minimum atomic E-state index is 0.590. The van der Waals surface area contributed by atoms with Gasteiger partial charge in [0.1, 0.15) is 0 Å². The van der Waals surface area contributed by atoms with Gasteiger partial charge >= 0.3 is 0 Å². The van der Waals surface area contributed by atoms with Gasteiger partial charge in [-0.3, -0.25) is 0 Å². The van der Waals surface area contributed by atoms with Gasteiger partial charge in [0, 0.05) is 0 Å². The SMILES string of the molecule is Cc1ccc(-n2cc(N)c(-c3ccc(Br)o3)n2)c(C)c1. The van der Waals surface area contributed by atoms with Gasteiger partial charge in [0.15, 0.2) is 16.1 Å². The zero-order valence-corrected chi connectivity index (χ0v) is 12.8. The first-order valence-electron chi connectivity index (χ1n) is 6.23. The predicted molar refractivity (Wildman–Crippen MR) is 82.9 cm³/mol. The number of furan rings is 1. The van der Waals surface area contributed by atoms with Crippen LogP contribution in [0.15, 0.2) is 45.6 Å². The highest BCUT2D eigenvalue weighted by Gasteiger charge is 2.14. The molecule has 0 saturated heterocycles. The van der Waals surface area contributed by atoms with Crippen LogP contribution in [0.25, 0.3) is 17.1 Å². The van der Waals surface area contributed by atoms with Gasteiger partial charge in [-0.15, -0.1) is 0 Å². The summed E-state index contributed by atoms with van der Waals surface area (Å²) in [6, 6.07) is 9.89. The van der Waals surface area contributed by atoms with Crippen molar-refractivity contribution in [2.24, 2.45) is 0 Å². The highest BCUT2D eigenvalue weighted by Crippen LogP contribution is 2.29. The molecule has 3 rings (SSSR count). The minimum absolute atomic E-state index is 0.590. The quantitative estimate of drug-likeness (QED) is 0.769. The highest BCUT2D eigenvalue weighted by molar-refractivity contribution is 9.10. The van der Waals surface area contributed by atoms with E-state index < -0.39 is 0 Å². The fourth-order valence-electron chi connectivity index (χ4n) is 2.21. The molecule has 0 aliphatic carbocycles. The van der Waals surface area contributed by atoms with E-state index in [2.05, 4.69) is 47.0 Å². The number of nitrogen functional groups attached to an aromatic ring is 1. The second-order valence-electron chi connectivity index (χ2n) is 4.77. The number of hydrogen-bond acceptors (Lipinski definition) is 3. The lowest BCUT2D eigenvalue weighted by Gasteiger charge is -2.06. The number of hydrogen-bond donors (Lipinski definition) is 1. The molecular weight excluding hydrogens is 318 g/mol. The van der Waals surface area contributed by atoms with E-state index in [1.165, 1.54) is 5.56 Å². The van der Waals surface area contributed by atoms with Crippen LogP contribution < -0.4 is 5.73 Å². The summed E-state index contributed by atoms with van der Waals surface area (Å²) in [5, 5.41) is 4.53. The van der Waals surface area contributed by atoms with Crippen LogP contribution >= 0.6 is 15.9 Å². The van der Waals surface area contributed by atoms with E-state index in [1.54, 1.807) is 4.68 Å². The average Bonchev–Trinajstić information content (AvgIpc) is 2.95. The second-order valence-corrected chi connectivity index (χ2v) is 5.55. The summed E-state index contributed by atoms with van der Waals surface area (Å²) < 4.78 is 7.96. The van der Waals surface area contributed by atoms with E-state index in [0.717, 1.165) is 11.3 Å². The average molecular weight is 332 g/mol. The van der Waals surface area contributed by atoms with E-state index in [4.69, 9.17) is 10.2 Å². The van der Waals surface area contributed by atoms with Crippen LogP contribution in [0.5, 0.6) is 0 Å². The topological polar surface area (TPSA) is 57.0 Å². The molecule has 2 heterocycles. The van der Waals surface area contributed by atoms with Gasteiger partial charge in [0.05, 0.1) is 17.6 Å². The molecule has 0 unspecified atom stereocenters. The van der Waals surface area contributed by atoms with Crippen molar-refractivity contribution in [2.45, 2.75) is 13.8 Å². The third kappa shape index (κ3) is 2.25. The monoisotopic (exact) mass is 331 g/mol. The first kappa shape index (κ1) is 13.0. The second kappa shape index (κ2) is 4.83. The Balaban J connectivity index is 2.08. The standard InChI is InChI=1S/C15H14BrN3O/c1-9-3-4-12(10(2)7-9)19-8-11(17)15(18-19)13-5-6-14(16)20-13/h3-8H,17H2,1-2H3. The number of nitrogens with zero attached hydrogens (tertiary/aromatic N) is 2. The Labute approximate surface area is 125 Å². The molecule has 0 bridgehead atoms. The van der Waals surface area contributed by atoms with Crippen molar-refractivity contribution in [3.05, 3.63) is 52.3 Å². The Bertz CT molecular complexity index is 773. The summed E-state index contributed by atoms with van der Waals surface area (Å²) in [4.78, 5) is 0. The maximum absolute atomic E-state index is 6.04. The molecule has 0 saturated carbocycles. The number of nitrogens with two attached hydrogens (primary N) is 1. The van der Waals surface area contributed by atoms with Crippen LogP contribution in [0.1, 0.15) is 11.1 Å².